The Morgan fingerprint density at radius 3 is 1.86 bits per heavy atom. The van der Waals surface area contributed by atoms with Gasteiger partial charge in [-0.15, -0.1) is 0 Å². The topological polar surface area (TPSA) is 3.24 Å². The SMILES string of the molecule is PN([C@H]1CCCC[C@@H]1CC1CCCCC1)P(c1ccccc1)c1ccccc1. The Hall–Kier alpha value is -0.740. The second kappa shape index (κ2) is 10.3. The number of hydrogen-bond acceptors (Lipinski definition) is 1. The first-order chi connectivity index (χ1) is 13.8. The summed E-state index contributed by atoms with van der Waals surface area (Å²) < 4.78 is 2.71. The molecular formula is C25H35NP2. The third-order valence-electron chi connectivity index (χ3n) is 6.80. The Kier molecular flexibility index (Phi) is 7.58. The zero-order valence-corrected chi connectivity index (χ0v) is 19.1. The molecule has 3 atom stereocenters. The molecule has 0 aromatic heterocycles. The summed E-state index contributed by atoms with van der Waals surface area (Å²) in [6.45, 7) is 0. The van der Waals surface area contributed by atoms with Gasteiger partial charge in [-0.2, -0.15) is 0 Å². The molecule has 2 aliphatic carbocycles. The number of nitrogens with zero attached hydrogens (tertiary/aromatic N) is 1. The predicted molar refractivity (Wildman–Crippen MR) is 128 cm³/mol. The van der Waals surface area contributed by atoms with E-state index in [1.54, 1.807) is 0 Å². The largest absolute Gasteiger partial charge is 0.255 e. The van der Waals surface area contributed by atoms with Crippen LogP contribution in [-0.4, -0.2) is 10.5 Å². The van der Waals surface area contributed by atoms with Crippen molar-refractivity contribution in [1.29, 1.82) is 0 Å². The summed E-state index contributed by atoms with van der Waals surface area (Å²) in [7, 11) is 2.70. The van der Waals surface area contributed by atoms with Crippen LogP contribution in [0.4, 0.5) is 0 Å². The van der Waals surface area contributed by atoms with Crippen molar-refractivity contribution in [3.05, 3.63) is 60.7 Å². The summed E-state index contributed by atoms with van der Waals surface area (Å²) in [5, 5.41) is 2.95. The van der Waals surface area contributed by atoms with Crippen molar-refractivity contribution in [3.63, 3.8) is 0 Å². The average Bonchev–Trinajstić information content (AvgIpc) is 2.76. The minimum absolute atomic E-state index is 0.488. The second-order valence-corrected chi connectivity index (χ2v) is 11.8. The summed E-state index contributed by atoms with van der Waals surface area (Å²) >= 11 is 0. The predicted octanol–water partition coefficient (Wildman–Crippen LogP) is 6.66. The van der Waals surface area contributed by atoms with Crippen LogP contribution < -0.4 is 10.6 Å². The summed E-state index contributed by atoms with van der Waals surface area (Å²) in [6, 6.07) is 23.1. The van der Waals surface area contributed by atoms with Crippen molar-refractivity contribution in [3.8, 4) is 0 Å². The summed E-state index contributed by atoms with van der Waals surface area (Å²) in [4.78, 5) is 0. The van der Waals surface area contributed by atoms with Gasteiger partial charge >= 0.3 is 0 Å². The van der Waals surface area contributed by atoms with Crippen molar-refractivity contribution < 1.29 is 0 Å². The van der Waals surface area contributed by atoms with E-state index in [1.165, 1.54) is 74.8 Å². The zero-order chi connectivity index (χ0) is 19.2. The van der Waals surface area contributed by atoms with Crippen molar-refractivity contribution in [2.45, 2.75) is 70.3 Å². The van der Waals surface area contributed by atoms with Crippen LogP contribution in [-0.2, 0) is 0 Å². The van der Waals surface area contributed by atoms with Gasteiger partial charge in [0.15, 0.2) is 0 Å². The molecule has 2 saturated carbocycles. The van der Waals surface area contributed by atoms with Gasteiger partial charge in [0.1, 0.15) is 0 Å². The molecule has 1 unspecified atom stereocenters. The molecule has 2 aliphatic rings. The third kappa shape index (κ3) is 5.05. The molecule has 0 N–H and O–H groups in total. The molecular weight excluding hydrogens is 376 g/mol. The van der Waals surface area contributed by atoms with E-state index in [1.807, 2.05) is 0 Å². The standard InChI is InChI=1S/C25H35NP2/c27-26(25-19-11-10-14-22(25)20-21-12-4-1-5-13-21)28(23-15-6-2-7-16-23)24-17-8-3-9-18-24/h2-3,6-9,15-18,21-22,25H,1,4-5,10-14,19-20,27H2/t22-,25+/m1/s1. The zero-order valence-electron chi connectivity index (χ0n) is 17.0. The van der Waals surface area contributed by atoms with E-state index in [0.29, 0.717) is 6.04 Å². The number of rotatable bonds is 6. The number of hydrogen-bond donors (Lipinski definition) is 0. The fourth-order valence-corrected chi connectivity index (χ4v) is 8.90. The molecule has 0 aliphatic heterocycles. The fraction of sp³-hybridized carbons (Fsp3) is 0.520. The molecule has 2 aromatic carbocycles. The monoisotopic (exact) mass is 411 g/mol. The molecule has 0 spiro atoms. The minimum atomic E-state index is -0.488. The van der Waals surface area contributed by atoms with Gasteiger partial charge in [-0.25, -0.2) is 0 Å². The molecule has 150 valence electrons. The first kappa shape index (κ1) is 20.5. The lowest BCUT2D eigenvalue weighted by molar-refractivity contribution is 0.186. The highest BCUT2D eigenvalue weighted by Crippen LogP contribution is 2.49. The molecule has 0 heterocycles. The average molecular weight is 412 g/mol. The van der Waals surface area contributed by atoms with Gasteiger partial charge in [0.2, 0.25) is 0 Å². The van der Waals surface area contributed by atoms with Gasteiger partial charge in [0.25, 0.3) is 0 Å². The van der Waals surface area contributed by atoms with E-state index in [2.05, 4.69) is 74.5 Å². The molecule has 28 heavy (non-hydrogen) atoms. The van der Waals surface area contributed by atoms with Crippen LogP contribution >= 0.6 is 17.5 Å². The second-order valence-electron chi connectivity index (χ2n) is 8.71. The molecule has 2 fully saturated rings. The molecule has 0 radical (unpaired) electrons. The summed E-state index contributed by atoms with van der Waals surface area (Å²) in [6.07, 6.45) is 14.4. The first-order valence-corrected chi connectivity index (χ1v) is 13.1. The Morgan fingerprint density at radius 1 is 0.714 bits per heavy atom. The molecule has 3 heteroatoms. The lowest BCUT2D eigenvalue weighted by Crippen LogP contribution is -2.38. The minimum Gasteiger partial charge on any atom is -0.255 e. The quantitative estimate of drug-likeness (QED) is 0.481. The molecule has 0 bridgehead atoms. The highest BCUT2D eigenvalue weighted by Gasteiger charge is 2.34. The van der Waals surface area contributed by atoms with Crippen LogP contribution in [0.25, 0.3) is 0 Å². The highest BCUT2D eigenvalue weighted by molar-refractivity contribution is 7.74. The lowest BCUT2D eigenvalue weighted by atomic mass is 9.75. The number of benzene rings is 2. The van der Waals surface area contributed by atoms with Gasteiger partial charge in [-0.05, 0) is 41.7 Å². The maximum Gasteiger partial charge on any atom is 0.0316 e. The summed E-state index contributed by atoms with van der Waals surface area (Å²) in [5.74, 6) is 1.85. The van der Waals surface area contributed by atoms with Gasteiger partial charge < -0.3 is 0 Å². The van der Waals surface area contributed by atoms with Crippen LogP contribution in [0.3, 0.4) is 0 Å². The molecule has 0 saturated heterocycles. The van der Waals surface area contributed by atoms with Gasteiger partial charge in [-0.3, -0.25) is 4.44 Å². The molecule has 0 amide bonds. The molecule has 4 rings (SSSR count). The van der Waals surface area contributed by atoms with E-state index in [0.717, 1.165) is 11.8 Å². The molecule has 1 nitrogen and oxygen atoms in total. The fourth-order valence-electron chi connectivity index (χ4n) is 5.36. The van der Waals surface area contributed by atoms with E-state index >= 15 is 0 Å². The van der Waals surface area contributed by atoms with Crippen LogP contribution in [0, 0.1) is 11.8 Å². The highest BCUT2D eigenvalue weighted by atomic mass is 31.2. The van der Waals surface area contributed by atoms with Gasteiger partial charge in [0, 0.05) is 14.1 Å². The third-order valence-corrected chi connectivity index (χ3v) is 10.2. The normalized spacial score (nSPS) is 24.0. The van der Waals surface area contributed by atoms with Crippen LogP contribution in [0.2, 0.25) is 0 Å². The Morgan fingerprint density at radius 2 is 1.25 bits per heavy atom. The molecule has 2 aromatic rings. The van der Waals surface area contributed by atoms with Crippen LogP contribution in [0.15, 0.2) is 60.7 Å². The van der Waals surface area contributed by atoms with E-state index in [-0.39, 0.29) is 0 Å². The van der Waals surface area contributed by atoms with Crippen LogP contribution in [0.5, 0.6) is 0 Å². The van der Waals surface area contributed by atoms with E-state index in [4.69, 9.17) is 0 Å². The van der Waals surface area contributed by atoms with Gasteiger partial charge in [0.05, 0.1) is 0 Å². The van der Waals surface area contributed by atoms with Crippen LogP contribution in [0.1, 0.15) is 64.2 Å². The van der Waals surface area contributed by atoms with Crippen molar-refractivity contribution in [1.82, 2.24) is 4.44 Å². The maximum absolute atomic E-state index is 3.19. The Balaban J connectivity index is 1.58. The van der Waals surface area contributed by atoms with E-state index in [9.17, 15) is 0 Å². The Bertz CT molecular complexity index is 660. The smallest absolute Gasteiger partial charge is 0.0316 e. The summed E-state index contributed by atoms with van der Waals surface area (Å²) in [5.41, 5.74) is 0. The Labute approximate surface area is 175 Å². The maximum atomic E-state index is 3.19. The first-order valence-electron chi connectivity index (χ1n) is 11.3. The van der Waals surface area contributed by atoms with Crippen molar-refractivity contribution >= 4 is 28.1 Å². The van der Waals surface area contributed by atoms with Crippen molar-refractivity contribution in [2.24, 2.45) is 11.8 Å². The van der Waals surface area contributed by atoms with Crippen molar-refractivity contribution in [2.75, 3.05) is 0 Å². The van der Waals surface area contributed by atoms with E-state index < -0.39 is 8.07 Å². The van der Waals surface area contributed by atoms with Gasteiger partial charge in [-0.1, -0.05) is 115 Å². The lowest BCUT2D eigenvalue weighted by Gasteiger charge is -2.43.